The van der Waals surface area contributed by atoms with E-state index in [4.69, 9.17) is 21.1 Å². The summed E-state index contributed by atoms with van der Waals surface area (Å²) in [5.74, 6) is -0.0128. The van der Waals surface area contributed by atoms with Crippen LogP contribution >= 0.6 is 11.6 Å². The van der Waals surface area contributed by atoms with Crippen LogP contribution in [0.15, 0.2) is 36.4 Å². The van der Waals surface area contributed by atoms with E-state index >= 15 is 0 Å². The summed E-state index contributed by atoms with van der Waals surface area (Å²) >= 11 is 6.19. The van der Waals surface area contributed by atoms with Gasteiger partial charge in [-0.15, -0.1) is 0 Å². The van der Waals surface area contributed by atoms with E-state index in [0.717, 1.165) is 28.8 Å². The molecular weight excluding hydrogens is 378 g/mol. The van der Waals surface area contributed by atoms with Crippen LogP contribution in [-0.4, -0.2) is 31.6 Å². The van der Waals surface area contributed by atoms with Gasteiger partial charge < -0.3 is 14.4 Å². The Labute approximate surface area is 170 Å². The van der Waals surface area contributed by atoms with E-state index in [0.29, 0.717) is 17.3 Å². The monoisotopic (exact) mass is 401 g/mol. The fourth-order valence-corrected chi connectivity index (χ4v) is 3.41. The number of halogens is 1. The molecule has 0 aliphatic carbocycles. The average molecular weight is 402 g/mol. The molecule has 0 radical (unpaired) electrons. The van der Waals surface area contributed by atoms with E-state index in [1.54, 1.807) is 4.90 Å². The minimum Gasteiger partial charge on any atom is -0.482 e. The van der Waals surface area contributed by atoms with Gasteiger partial charge in [-0.1, -0.05) is 43.6 Å². The van der Waals surface area contributed by atoms with E-state index in [1.807, 2.05) is 57.2 Å². The number of hydrogen-bond acceptors (Lipinski definition) is 4. The molecule has 0 saturated carbocycles. The average Bonchev–Trinajstić information content (AvgIpc) is 3.10. The number of para-hydroxylation sites is 1. The number of hydrogen-bond donors (Lipinski definition) is 0. The van der Waals surface area contributed by atoms with Crippen molar-refractivity contribution < 1.29 is 19.1 Å². The Bertz CT molecular complexity index is 894. The van der Waals surface area contributed by atoms with Crippen molar-refractivity contribution in [2.75, 3.05) is 24.7 Å². The number of esters is 1. The first kappa shape index (κ1) is 20.2. The van der Waals surface area contributed by atoms with E-state index in [1.165, 1.54) is 0 Å². The molecule has 0 unspecified atom stereocenters. The molecule has 148 valence electrons. The number of amides is 1. The molecule has 5 nitrogen and oxygen atoms in total. The molecule has 6 heteroatoms. The number of nitrogens with zero attached hydrogens (tertiary/aromatic N) is 1. The molecule has 2 aromatic carbocycles. The van der Waals surface area contributed by atoms with E-state index in [9.17, 15) is 9.59 Å². The maximum absolute atomic E-state index is 12.4. The first-order chi connectivity index (χ1) is 13.4. The molecule has 1 aliphatic rings. The zero-order valence-corrected chi connectivity index (χ0v) is 17.1. The smallest absolute Gasteiger partial charge is 0.344 e. The summed E-state index contributed by atoms with van der Waals surface area (Å²) in [6.07, 6.45) is 0.812. The maximum Gasteiger partial charge on any atom is 0.344 e. The van der Waals surface area contributed by atoms with Crippen molar-refractivity contribution in [3.63, 3.8) is 0 Å². The Hall–Kier alpha value is -2.53. The van der Waals surface area contributed by atoms with Crippen LogP contribution < -0.4 is 9.64 Å². The third-order valence-electron chi connectivity index (χ3n) is 4.80. The summed E-state index contributed by atoms with van der Waals surface area (Å²) in [6.45, 7) is 5.98. The SMILES string of the molecule is Cc1cc(OCC(=O)OCC(=O)N2CCc3ccccc32)c(C(C)C)cc1Cl. The standard InChI is InChI=1S/C22H24ClNO4/c1-14(2)17-11-18(23)15(3)10-20(17)27-13-22(26)28-12-21(25)24-9-8-16-6-4-5-7-19(16)24/h4-7,10-11,14H,8-9,12-13H2,1-3H3. The summed E-state index contributed by atoms with van der Waals surface area (Å²) in [5.41, 5.74) is 3.81. The minimum atomic E-state index is -0.580. The summed E-state index contributed by atoms with van der Waals surface area (Å²) in [5, 5.41) is 0.662. The number of aryl methyl sites for hydroxylation is 1. The van der Waals surface area contributed by atoms with Crippen LogP contribution in [0.2, 0.25) is 5.02 Å². The normalized spacial score (nSPS) is 12.8. The van der Waals surface area contributed by atoms with Gasteiger partial charge in [0.2, 0.25) is 0 Å². The van der Waals surface area contributed by atoms with Gasteiger partial charge in [-0.25, -0.2) is 4.79 Å². The van der Waals surface area contributed by atoms with Gasteiger partial charge in [-0.05, 0) is 54.2 Å². The molecule has 0 bridgehead atoms. The van der Waals surface area contributed by atoms with E-state index in [-0.39, 0.29) is 25.0 Å². The number of benzene rings is 2. The van der Waals surface area contributed by atoms with Crippen molar-refractivity contribution in [3.05, 3.63) is 58.1 Å². The van der Waals surface area contributed by atoms with Crippen molar-refractivity contribution in [1.82, 2.24) is 0 Å². The second kappa shape index (κ2) is 8.65. The lowest BCUT2D eigenvalue weighted by Crippen LogP contribution is -2.33. The topological polar surface area (TPSA) is 55.8 Å². The molecule has 3 rings (SSSR count). The molecule has 0 N–H and O–H groups in total. The van der Waals surface area contributed by atoms with Gasteiger partial charge in [-0.2, -0.15) is 0 Å². The fraction of sp³-hybridized carbons (Fsp3) is 0.364. The van der Waals surface area contributed by atoms with Crippen molar-refractivity contribution in [3.8, 4) is 5.75 Å². The predicted octanol–water partition coefficient (Wildman–Crippen LogP) is 4.28. The predicted molar refractivity (Wildman–Crippen MR) is 109 cm³/mol. The van der Waals surface area contributed by atoms with Gasteiger partial charge in [0.15, 0.2) is 13.2 Å². The number of ether oxygens (including phenoxy) is 2. The lowest BCUT2D eigenvalue weighted by Gasteiger charge is -2.18. The van der Waals surface area contributed by atoms with E-state index in [2.05, 4.69) is 0 Å². The molecule has 0 spiro atoms. The van der Waals surface area contributed by atoms with Gasteiger partial charge >= 0.3 is 5.97 Å². The maximum atomic E-state index is 12.4. The Balaban J connectivity index is 1.54. The molecule has 1 heterocycles. The zero-order chi connectivity index (χ0) is 20.3. The molecule has 0 saturated heterocycles. The third kappa shape index (κ3) is 4.47. The van der Waals surface area contributed by atoms with Gasteiger partial charge in [-0.3, -0.25) is 4.79 Å². The highest BCUT2D eigenvalue weighted by Crippen LogP contribution is 2.32. The van der Waals surface area contributed by atoms with Crippen LogP contribution in [0.3, 0.4) is 0 Å². The van der Waals surface area contributed by atoms with Crippen LogP contribution in [0.4, 0.5) is 5.69 Å². The Kier molecular flexibility index (Phi) is 6.25. The molecular formula is C22H24ClNO4. The second-order valence-electron chi connectivity index (χ2n) is 7.17. The highest BCUT2D eigenvalue weighted by Gasteiger charge is 2.25. The summed E-state index contributed by atoms with van der Waals surface area (Å²) in [4.78, 5) is 26.1. The number of carbonyl (C=O) groups is 2. The lowest BCUT2D eigenvalue weighted by molar-refractivity contribution is -0.149. The Morgan fingerprint density at radius 1 is 1.18 bits per heavy atom. The van der Waals surface area contributed by atoms with Crippen molar-refractivity contribution in [1.29, 1.82) is 0 Å². The number of rotatable bonds is 6. The molecule has 1 amide bonds. The molecule has 0 atom stereocenters. The number of anilines is 1. The summed E-state index contributed by atoms with van der Waals surface area (Å²) in [6, 6.07) is 11.4. The van der Waals surface area contributed by atoms with Crippen LogP contribution in [-0.2, 0) is 20.7 Å². The molecule has 1 aliphatic heterocycles. The highest BCUT2D eigenvalue weighted by atomic mass is 35.5. The first-order valence-electron chi connectivity index (χ1n) is 9.33. The van der Waals surface area contributed by atoms with Crippen LogP contribution in [0, 0.1) is 6.92 Å². The van der Waals surface area contributed by atoms with Gasteiger partial charge in [0.25, 0.3) is 5.91 Å². The van der Waals surface area contributed by atoms with Gasteiger partial charge in [0.1, 0.15) is 5.75 Å². The quantitative estimate of drug-likeness (QED) is 0.678. The van der Waals surface area contributed by atoms with Gasteiger partial charge in [0, 0.05) is 17.3 Å². The van der Waals surface area contributed by atoms with Gasteiger partial charge in [0.05, 0.1) is 0 Å². The van der Waals surface area contributed by atoms with Crippen molar-refractivity contribution in [2.45, 2.75) is 33.1 Å². The van der Waals surface area contributed by atoms with E-state index < -0.39 is 5.97 Å². The Morgan fingerprint density at radius 3 is 2.68 bits per heavy atom. The lowest BCUT2D eigenvalue weighted by atomic mass is 10.0. The number of carbonyl (C=O) groups excluding carboxylic acids is 2. The molecule has 0 aromatic heterocycles. The summed E-state index contributed by atoms with van der Waals surface area (Å²) < 4.78 is 10.8. The summed E-state index contributed by atoms with van der Waals surface area (Å²) in [7, 11) is 0. The fourth-order valence-electron chi connectivity index (χ4n) is 3.24. The third-order valence-corrected chi connectivity index (χ3v) is 5.21. The molecule has 28 heavy (non-hydrogen) atoms. The largest absolute Gasteiger partial charge is 0.482 e. The van der Waals surface area contributed by atoms with Crippen LogP contribution in [0.25, 0.3) is 0 Å². The zero-order valence-electron chi connectivity index (χ0n) is 16.3. The van der Waals surface area contributed by atoms with Crippen LogP contribution in [0.5, 0.6) is 5.75 Å². The molecule has 0 fully saturated rings. The van der Waals surface area contributed by atoms with Crippen LogP contribution in [0.1, 0.15) is 36.5 Å². The highest BCUT2D eigenvalue weighted by molar-refractivity contribution is 6.31. The van der Waals surface area contributed by atoms with Crippen molar-refractivity contribution in [2.24, 2.45) is 0 Å². The molecule has 2 aromatic rings. The second-order valence-corrected chi connectivity index (χ2v) is 7.57. The Morgan fingerprint density at radius 2 is 1.93 bits per heavy atom. The van der Waals surface area contributed by atoms with Crippen molar-refractivity contribution >= 4 is 29.2 Å². The number of fused-ring (bicyclic) bond motifs is 1. The first-order valence-corrected chi connectivity index (χ1v) is 9.71. The minimum absolute atomic E-state index is 0.195.